The van der Waals surface area contributed by atoms with Crippen LogP contribution in [0.25, 0.3) is 0 Å². The molecule has 0 aliphatic rings. The van der Waals surface area contributed by atoms with E-state index in [1.54, 1.807) is 24.3 Å². The van der Waals surface area contributed by atoms with Gasteiger partial charge in [-0.2, -0.15) is 0 Å². The number of rotatable bonds is 10. The molecule has 0 heterocycles. The molecule has 0 aromatic heterocycles. The fourth-order valence-electron chi connectivity index (χ4n) is 1.38. The number of hydrogen-bond acceptors (Lipinski definition) is 4. The molecule has 0 saturated heterocycles. The van der Waals surface area contributed by atoms with Crippen LogP contribution in [0.1, 0.15) is 13.8 Å². The van der Waals surface area contributed by atoms with E-state index in [0.29, 0.717) is 38.1 Å². The van der Waals surface area contributed by atoms with Gasteiger partial charge in [0.2, 0.25) is 0 Å². The van der Waals surface area contributed by atoms with Crippen LogP contribution >= 0.6 is 11.6 Å². The fourth-order valence-corrected chi connectivity index (χ4v) is 1.50. The Hall–Kier alpha value is -0.810. The summed E-state index contributed by atoms with van der Waals surface area (Å²) in [6.45, 7) is 6.73. The zero-order valence-corrected chi connectivity index (χ0v) is 12.2. The van der Waals surface area contributed by atoms with Crippen molar-refractivity contribution in [2.24, 2.45) is 0 Å². The normalized spacial score (nSPS) is 12.4. The maximum atomic E-state index is 5.79. The van der Waals surface area contributed by atoms with Gasteiger partial charge in [-0.25, -0.2) is 0 Å². The zero-order valence-electron chi connectivity index (χ0n) is 11.4. The highest BCUT2D eigenvalue weighted by molar-refractivity contribution is 6.30. The molecule has 1 atom stereocenters. The Kier molecular flexibility index (Phi) is 8.58. The van der Waals surface area contributed by atoms with E-state index >= 15 is 0 Å². The summed E-state index contributed by atoms with van der Waals surface area (Å²) in [5, 5.41) is 0.684. The van der Waals surface area contributed by atoms with Crippen LogP contribution in [0.4, 0.5) is 0 Å². The summed E-state index contributed by atoms with van der Waals surface area (Å²) in [6.07, 6.45) is -0.323. The Morgan fingerprint density at radius 1 is 1.00 bits per heavy atom. The van der Waals surface area contributed by atoms with Gasteiger partial charge < -0.3 is 18.9 Å². The fraction of sp³-hybridized carbons (Fsp3) is 0.571. The minimum absolute atomic E-state index is 0.323. The number of ether oxygens (including phenoxy) is 4. The lowest BCUT2D eigenvalue weighted by Gasteiger charge is -2.15. The molecule has 0 bridgehead atoms. The molecule has 0 amide bonds. The number of halogens is 1. The van der Waals surface area contributed by atoms with Gasteiger partial charge in [0.25, 0.3) is 0 Å². The molecule has 5 heteroatoms. The Bertz CT molecular complexity index is 329. The van der Waals surface area contributed by atoms with Crippen LogP contribution in [0.2, 0.25) is 5.02 Å². The molecule has 1 rings (SSSR count). The van der Waals surface area contributed by atoms with E-state index in [0.717, 1.165) is 5.75 Å². The van der Waals surface area contributed by atoms with Gasteiger partial charge in [0, 0.05) is 11.6 Å². The molecule has 19 heavy (non-hydrogen) atoms. The third-order valence-corrected chi connectivity index (χ3v) is 2.52. The van der Waals surface area contributed by atoms with E-state index in [4.69, 9.17) is 30.5 Å². The predicted octanol–water partition coefficient (Wildman–Crippen LogP) is 3.13. The Morgan fingerprint density at radius 2 is 1.63 bits per heavy atom. The molecule has 0 radical (unpaired) electrons. The van der Waals surface area contributed by atoms with E-state index in [1.807, 2.05) is 13.8 Å². The van der Waals surface area contributed by atoms with Crippen molar-refractivity contribution in [2.45, 2.75) is 20.1 Å². The van der Waals surface area contributed by atoms with Gasteiger partial charge >= 0.3 is 0 Å². The van der Waals surface area contributed by atoms with Crippen molar-refractivity contribution in [3.63, 3.8) is 0 Å². The lowest BCUT2D eigenvalue weighted by Crippen LogP contribution is -2.19. The van der Waals surface area contributed by atoms with E-state index in [9.17, 15) is 0 Å². The maximum absolute atomic E-state index is 5.79. The highest BCUT2D eigenvalue weighted by Crippen LogP contribution is 2.16. The Morgan fingerprint density at radius 3 is 2.32 bits per heavy atom. The van der Waals surface area contributed by atoms with Gasteiger partial charge in [-0.1, -0.05) is 11.6 Å². The second kappa shape index (κ2) is 10.0. The number of hydrogen-bond donors (Lipinski definition) is 0. The molecule has 0 aliphatic heterocycles. The predicted molar refractivity (Wildman–Crippen MR) is 74.8 cm³/mol. The van der Waals surface area contributed by atoms with E-state index in [1.165, 1.54) is 0 Å². The zero-order chi connectivity index (χ0) is 13.9. The summed E-state index contributed by atoms with van der Waals surface area (Å²) in [5.74, 6) is 0.731. The van der Waals surface area contributed by atoms with Gasteiger partial charge in [0.15, 0.2) is 6.29 Å². The second-order valence-corrected chi connectivity index (χ2v) is 4.26. The Balaban J connectivity index is 2.04. The highest BCUT2D eigenvalue weighted by Gasteiger charge is 2.03. The summed E-state index contributed by atoms with van der Waals surface area (Å²) in [6, 6.07) is 7.17. The molecule has 4 nitrogen and oxygen atoms in total. The molecular weight excluding hydrogens is 268 g/mol. The second-order valence-electron chi connectivity index (χ2n) is 3.82. The molecule has 0 aliphatic carbocycles. The van der Waals surface area contributed by atoms with Crippen molar-refractivity contribution in [2.75, 3.05) is 33.0 Å². The maximum Gasteiger partial charge on any atom is 0.197 e. The van der Waals surface area contributed by atoms with Crippen LogP contribution in [0.3, 0.4) is 0 Å². The van der Waals surface area contributed by atoms with E-state index < -0.39 is 0 Å². The summed E-state index contributed by atoms with van der Waals surface area (Å²) in [7, 11) is 0. The highest BCUT2D eigenvalue weighted by atomic mass is 35.5. The largest absolute Gasteiger partial charge is 0.465 e. The van der Waals surface area contributed by atoms with Crippen LogP contribution in [-0.2, 0) is 14.2 Å². The molecule has 0 spiro atoms. The monoisotopic (exact) mass is 288 g/mol. The molecule has 0 unspecified atom stereocenters. The SMILES string of the molecule is CCOCCOCCO[C@H](C)Oc1ccc(Cl)cc1. The molecular formula is C14H21ClO4. The van der Waals surface area contributed by atoms with Crippen molar-refractivity contribution >= 4 is 11.6 Å². The average Bonchev–Trinajstić information content (AvgIpc) is 2.40. The average molecular weight is 289 g/mol. The van der Waals surface area contributed by atoms with Gasteiger partial charge in [-0.3, -0.25) is 0 Å². The molecule has 1 aromatic carbocycles. The smallest absolute Gasteiger partial charge is 0.197 e. The van der Waals surface area contributed by atoms with Gasteiger partial charge in [0.1, 0.15) is 5.75 Å². The first kappa shape index (κ1) is 16.2. The quantitative estimate of drug-likeness (QED) is 0.490. The molecule has 1 aromatic rings. The molecule has 0 N–H and O–H groups in total. The minimum atomic E-state index is -0.323. The summed E-state index contributed by atoms with van der Waals surface area (Å²) >= 11 is 5.79. The first-order valence-corrected chi connectivity index (χ1v) is 6.79. The molecule has 0 fully saturated rings. The van der Waals surface area contributed by atoms with Crippen LogP contribution in [0.5, 0.6) is 5.75 Å². The lowest BCUT2D eigenvalue weighted by atomic mass is 10.3. The van der Waals surface area contributed by atoms with Crippen molar-refractivity contribution in [1.29, 1.82) is 0 Å². The third kappa shape index (κ3) is 8.06. The summed E-state index contributed by atoms with van der Waals surface area (Å²) < 4.78 is 21.5. The number of benzene rings is 1. The van der Waals surface area contributed by atoms with Crippen molar-refractivity contribution in [3.8, 4) is 5.75 Å². The minimum Gasteiger partial charge on any atom is -0.465 e. The Labute approximate surface area is 119 Å². The summed E-state index contributed by atoms with van der Waals surface area (Å²) in [5.41, 5.74) is 0. The first-order chi connectivity index (χ1) is 9.22. The van der Waals surface area contributed by atoms with Crippen LogP contribution in [0.15, 0.2) is 24.3 Å². The van der Waals surface area contributed by atoms with Gasteiger partial charge in [-0.05, 0) is 38.1 Å². The van der Waals surface area contributed by atoms with Crippen LogP contribution in [-0.4, -0.2) is 39.3 Å². The standard InChI is InChI=1S/C14H21ClO4/c1-3-16-8-9-17-10-11-18-12(2)19-14-6-4-13(15)5-7-14/h4-7,12H,3,8-11H2,1-2H3/t12-/m0/s1. The van der Waals surface area contributed by atoms with Crippen molar-refractivity contribution in [1.82, 2.24) is 0 Å². The van der Waals surface area contributed by atoms with Gasteiger partial charge in [-0.15, -0.1) is 0 Å². The molecule has 108 valence electrons. The van der Waals surface area contributed by atoms with Crippen LogP contribution in [0, 0.1) is 0 Å². The van der Waals surface area contributed by atoms with Gasteiger partial charge in [0.05, 0.1) is 26.4 Å². The first-order valence-electron chi connectivity index (χ1n) is 6.41. The topological polar surface area (TPSA) is 36.9 Å². The van der Waals surface area contributed by atoms with Crippen molar-refractivity contribution < 1.29 is 18.9 Å². The van der Waals surface area contributed by atoms with Crippen LogP contribution < -0.4 is 4.74 Å². The third-order valence-electron chi connectivity index (χ3n) is 2.27. The van der Waals surface area contributed by atoms with Crippen molar-refractivity contribution in [3.05, 3.63) is 29.3 Å². The summed E-state index contributed by atoms with van der Waals surface area (Å²) in [4.78, 5) is 0. The molecule has 0 saturated carbocycles. The van der Waals surface area contributed by atoms with E-state index in [2.05, 4.69) is 0 Å². The van der Waals surface area contributed by atoms with E-state index in [-0.39, 0.29) is 6.29 Å². The lowest BCUT2D eigenvalue weighted by molar-refractivity contribution is -0.0859.